The smallest absolute Gasteiger partial charge is 0.321 e. The second-order valence-corrected chi connectivity index (χ2v) is 5.23. The van der Waals surface area contributed by atoms with Crippen LogP contribution in [0.25, 0.3) is 11.0 Å². The highest BCUT2D eigenvalue weighted by Gasteiger charge is 2.20. The lowest BCUT2D eigenvalue weighted by Crippen LogP contribution is -2.40. The van der Waals surface area contributed by atoms with E-state index in [0.29, 0.717) is 0 Å². The number of piperidine rings is 1. The Morgan fingerprint density at radius 2 is 2.21 bits per heavy atom. The first-order valence-corrected chi connectivity index (χ1v) is 6.71. The van der Waals surface area contributed by atoms with Crippen molar-refractivity contribution in [3.63, 3.8) is 0 Å². The van der Waals surface area contributed by atoms with Gasteiger partial charge in [-0.3, -0.25) is 0 Å². The third kappa shape index (κ3) is 2.54. The average molecular weight is 258 g/mol. The first-order chi connectivity index (χ1) is 9.22. The fraction of sp³-hybridized carbons (Fsp3) is 0.429. The van der Waals surface area contributed by atoms with Crippen molar-refractivity contribution < 1.29 is 4.79 Å². The average Bonchev–Trinajstić information content (AvgIpc) is 2.87. The van der Waals surface area contributed by atoms with Crippen LogP contribution in [-0.2, 0) is 0 Å². The van der Waals surface area contributed by atoms with Crippen LogP contribution >= 0.6 is 0 Å². The van der Waals surface area contributed by atoms with Gasteiger partial charge in [0.2, 0.25) is 0 Å². The Morgan fingerprint density at radius 1 is 1.42 bits per heavy atom. The summed E-state index contributed by atoms with van der Waals surface area (Å²) in [5.41, 5.74) is 2.65. The van der Waals surface area contributed by atoms with Gasteiger partial charge in [0.05, 0.1) is 17.4 Å². The number of likely N-dealkylation sites (tertiary alicyclic amines) is 1. The minimum atomic E-state index is -0.00855. The summed E-state index contributed by atoms with van der Waals surface area (Å²) in [6.45, 7) is 3.93. The monoisotopic (exact) mass is 258 g/mol. The Hall–Kier alpha value is -2.04. The molecule has 1 aliphatic heterocycles. The van der Waals surface area contributed by atoms with Crippen molar-refractivity contribution in [2.45, 2.75) is 19.8 Å². The molecule has 0 bridgehead atoms. The Balaban J connectivity index is 1.68. The van der Waals surface area contributed by atoms with Crippen LogP contribution in [0.15, 0.2) is 24.5 Å². The standard InChI is InChI=1S/C14H18N4O/c1-10-4-6-18(7-5-10)14(19)17-11-2-3-12-13(8-11)16-9-15-12/h2-3,8-10H,4-7H2,1H3,(H,15,16)(H,17,19). The molecule has 1 aromatic heterocycles. The van der Waals surface area contributed by atoms with Gasteiger partial charge in [0.15, 0.2) is 0 Å². The van der Waals surface area contributed by atoms with Crippen LogP contribution in [0.1, 0.15) is 19.8 Å². The van der Waals surface area contributed by atoms with Gasteiger partial charge in [0, 0.05) is 18.8 Å². The highest BCUT2D eigenvalue weighted by molar-refractivity contribution is 5.91. The molecule has 2 aromatic rings. The molecule has 5 nitrogen and oxygen atoms in total. The number of hydrogen-bond acceptors (Lipinski definition) is 2. The maximum absolute atomic E-state index is 12.1. The molecule has 19 heavy (non-hydrogen) atoms. The van der Waals surface area contributed by atoms with Crippen LogP contribution in [0, 0.1) is 5.92 Å². The molecule has 0 unspecified atom stereocenters. The van der Waals surface area contributed by atoms with Crippen LogP contribution in [0.3, 0.4) is 0 Å². The van der Waals surface area contributed by atoms with Gasteiger partial charge in [-0.15, -0.1) is 0 Å². The fourth-order valence-electron chi connectivity index (χ4n) is 2.43. The molecule has 5 heteroatoms. The topological polar surface area (TPSA) is 61.0 Å². The van der Waals surface area contributed by atoms with Crippen molar-refractivity contribution in [3.8, 4) is 0 Å². The minimum Gasteiger partial charge on any atom is -0.345 e. The quantitative estimate of drug-likeness (QED) is 0.826. The van der Waals surface area contributed by atoms with E-state index in [2.05, 4.69) is 22.2 Å². The zero-order valence-electron chi connectivity index (χ0n) is 11.0. The van der Waals surface area contributed by atoms with Gasteiger partial charge in [0.25, 0.3) is 0 Å². The van der Waals surface area contributed by atoms with E-state index in [0.717, 1.165) is 48.6 Å². The van der Waals surface area contributed by atoms with Gasteiger partial charge in [-0.05, 0) is 37.0 Å². The molecule has 2 heterocycles. The SMILES string of the molecule is CC1CCN(C(=O)Nc2ccc3nc[nH]c3c2)CC1. The first kappa shape index (κ1) is 12.0. The third-order valence-corrected chi connectivity index (χ3v) is 3.74. The highest BCUT2D eigenvalue weighted by atomic mass is 16.2. The number of aromatic nitrogens is 2. The minimum absolute atomic E-state index is 0.00855. The van der Waals surface area contributed by atoms with E-state index in [-0.39, 0.29) is 6.03 Å². The summed E-state index contributed by atoms with van der Waals surface area (Å²) in [6.07, 6.45) is 3.84. The number of carbonyl (C=O) groups excluding carboxylic acids is 1. The van der Waals surface area contributed by atoms with Gasteiger partial charge in [-0.1, -0.05) is 6.92 Å². The number of nitrogens with zero attached hydrogens (tertiary/aromatic N) is 2. The summed E-state index contributed by atoms with van der Waals surface area (Å²) in [4.78, 5) is 21.2. The summed E-state index contributed by atoms with van der Waals surface area (Å²) in [7, 11) is 0. The van der Waals surface area contributed by atoms with Crippen molar-refractivity contribution in [3.05, 3.63) is 24.5 Å². The molecule has 1 aromatic carbocycles. The molecule has 1 fully saturated rings. The van der Waals surface area contributed by atoms with E-state index >= 15 is 0 Å². The van der Waals surface area contributed by atoms with Crippen molar-refractivity contribution >= 4 is 22.8 Å². The summed E-state index contributed by atoms with van der Waals surface area (Å²) in [5, 5.41) is 2.95. The maximum Gasteiger partial charge on any atom is 0.321 e. The number of fused-ring (bicyclic) bond motifs is 1. The Kier molecular flexibility index (Phi) is 3.11. The van der Waals surface area contributed by atoms with E-state index in [4.69, 9.17) is 0 Å². The molecule has 0 aliphatic carbocycles. The molecule has 0 spiro atoms. The molecule has 2 N–H and O–H groups in total. The van der Waals surface area contributed by atoms with E-state index in [1.807, 2.05) is 23.1 Å². The van der Waals surface area contributed by atoms with Gasteiger partial charge in [-0.2, -0.15) is 0 Å². The lowest BCUT2D eigenvalue weighted by Gasteiger charge is -2.30. The molecular formula is C14H18N4O. The lowest BCUT2D eigenvalue weighted by molar-refractivity contribution is 0.186. The molecule has 0 saturated carbocycles. The molecule has 1 saturated heterocycles. The van der Waals surface area contributed by atoms with Gasteiger partial charge >= 0.3 is 6.03 Å². The van der Waals surface area contributed by atoms with Gasteiger partial charge < -0.3 is 15.2 Å². The predicted octanol–water partition coefficient (Wildman–Crippen LogP) is 2.83. The lowest BCUT2D eigenvalue weighted by atomic mass is 10.00. The van der Waals surface area contributed by atoms with Crippen molar-refractivity contribution in [1.29, 1.82) is 0 Å². The number of hydrogen-bond donors (Lipinski definition) is 2. The number of nitrogens with one attached hydrogen (secondary N) is 2. The summed E-state index contributed by atoms with van der Waals surface area (Å²) >= 11 is 0. The first-order valence-electron chi connectivity index (χ1n) is 6.71. The molecule has 100 valence electrons. The number of H-pyrrole nitrogens is 1. The van der Waals surface area contributed by atoms with Crippen LogP contribution in [0.5, 0.6) is 0 Å². The number of anilines is 1. The van der Waals surface area contributed by atoms with Crippen molar-refractivity contribution in [2.75, 3.05) is 18.4 Å². The summed E-state index contributed by atoms with van der Waals surface area (Å²) in [5.74, 6) is 0.727. The van der Waals surface area contributed by atoms with Crippen molar-refractivity contribution in [1.82, 2.24) is 14.9 Å². The Morgan fingerprint density at radius 3 is 3.00 bits per heavy atom. The Labute approximate surface area is 112 Å². The number of urea groups is 1. The summed E-state index contributed by atoms with van der Waals surface area (Å²) < 4.78 is 0. The van der Waals surface area contributed by atoms with Gasteiger partial charge in [-0.25, -0.2) is 9.78 Å². The number of carbonyl (C=O) groups is 1. The largest absolute Gasteiger partial charge is 0.345 e. The molecule has 0 radical (unpaired) electrons. The van der Waals surface area contributed by atoms with E-state index in [1.165, 1.54) is 0 Å². The second kappa shape index (κ2) is 4.91. The molecule has 0 atom stereocenters. The van der Waals surface area contributed by atoms with E-state index in [9.17, 15) is 4.79 Å². The highest BCUT2D eigenvalue weighted by Crippen LogP contribution is 2.19. The number of benzene rings is 1. The molecule has 3 rings (SSSR count). The molecular weight excluding hydrogens is 240 g/mol. The maximum atomic E-state index is 12.1. The van der Waals surface area contributed by atoms with E-state index < -0.39 is 0 Å². The molecule has 2 amide bonds. The Bertz CT molecular complexity index is 584. The van der Waals surface area contributed by atoms with Crippen molar-refractivity contribution in [2.24, 2.45) is 5.92 Å². The van der Waals surface area contributed by atoms with Crippen LogP contribution in [0.4, 0.5) is 10.5 Å². The zero-order valence-corrected chi connectivity index (χ0v) is 11.0. The normalized spacial score (nSPS) is 16.8. The van der Waals surface area contributed by atoms with E-state index in [1.54, 1.807) is 6.33 Å². The number of amides is 2. The predicted molar refractivity (Wildman–Crippen MR) is 75.1 cm³/mol. The van der Waals surface area contributed by atoms with Crippen LogP contribution in [0.2, 0.25) is 0 Å². The second-order valence-electron chi connectivity index (χ2n) is 5.23. The van der Waals surface area contributed by atoms with Crippen LogP contribution in [-0.4, -0.2) is 34.0 Å². The summed E-state index contributed by atoms with van der Waals surface area (Å²) in [6, 6.07) is 5.69. The fourth-order valence-corrected chi connectivity index (χ4v) is 2.43. The zero-order chi connectivity index (χ0) is 13.2. The van der Waals surface area contributed by atoms with Gasteiger partial charge in [0.1, 0.15) is 0 Å². The number of aromatic amines is 1. The number of rotatable bonds is 1. The third-order valence-electron chi connectivity index (χ3n) is 3.74. The number of imidazole rings is 1. The van der Waals surface area contributed by atoms with Crippen LogP contribution < -0.4 is 5.32 Å². The molecule has 1 aliphatic rings.